The van der Waals surface area contributed by atoms with Gasteiger partial charge in [0.1, 0.15) is 29.2 Å². The maximum absolute atomic E-state index is 14.1. The number of hydrogen-bond acceptors (Lipinski definition) is 7. The summed E-state index contributed by atoms with van der Waals surface area (Å²) >= 11 is 0. The van der Waals surface area contributed by atoms with Crippen LogP contribution in [0.2, 0.25) is 0 Å². The van der Waals surface area contributed by atoms with Crippen LogP contribution in [0, 0.1) is 11.6 Å². The summed E-state index contributed by atoms with van der Waals surface area (Å²) in [4.78, 5) is 19.9. The van der Waals surface area contributed by atoms with E-state index in [0.717, 1.165) is 38.2 Å². The Morgan fingerprint density at radius 1 is 1.21 bits per heavy atom. The largest absolute Gasteiger partial charge is 0.494 e. The van der Waals surface area contributed by atoms with Gasteiger partial charge in [-0.25, -0.2) is 13.8 Å². The third-order valence-electron chi connectivity index (χ3n) is 5.68. The zero-order valence-corrected chi connectivity index (χ0v) is 18.7. The van der Waals surface area contributed by atoms with Crippen molar-refractivity contribution in [3.63, 3.8) is 0 Å². The number of ether oxygens (including phenoxy) is 1. The fraction of sp³-hybridized carbons (Fsp3) is 0.333. The summed E-state index contributed by atoms with van der Waals surface area (Å²) in [5.74, 6) is -2.36. The molecule has 2 heterocycles. The van der Waals surface area contributed by atoms with Gasteiger partial charge in [0.05, 0.1) is 6.61 Å². The number of aliphatic hydroxyl groups is 1. The van der Waals surface area contributed by atoms with Crippen LogP contribution in [0.4, 0.5) is 8.78 Å². The highest BCUT2D eigenvalue weighted by Gasteiger charge is 2.24. The van der Waals surface area contributed by atoms with Gasteiger partial charge in [0, 0.05) is 31.7 Å². The van der Waals surface area contributed by atoms with Crippen LogP contribution in [0.1, 0.15) is 16.9 Å². The molecule has 1 aliphatic rings. The zero-order valence-electron chi connectivity index (χ0n) is 18.7. The molecule has 2 aromatic carbocycles. The van der Waals surface area contributed by atoms with Gasteiger partial charge in [0.25, 0.3) is 5.91 Å². The van der Waals surface area contributed by atoms with Crippen molar-refractivity contribution in [1.29, 1.82) is 0 Å². The maximum Gasteiger partial charge on any atom is 0.271 e. The number of β-amino-alcohol motifs (C(OH)–C–C–N with tert-alkyl or cyclic N) is 1. The molecule has 1 aliphatic heterocycles. The number of benzene rings is 2. The molecule has 3 N–H and O–H groups in total. The molecule has 0 bridgehead atoms. The van der Waals surface area contributed by atoms with Crippen molar-refractivity contribution in [2.75, 3.05) is 39.8 Å². The number of aliphatic hydroxyl groups excluding tert-OH is 1. The van der Waals surface area contributed by atoms with Crippen LogP contribution in [-0.2, 0) is 0 Å². The average Bonchev–Trinajstić information content (AvgIpc) is 3.23. The van der Waals surface area contributed by atoms with Crippen molar-refractivity contribution in [2.45, 2.75) is 12.6 Å². The van der Waals surface area contributed by atoms with E-state index in [1.54, 1.807) is 24.3 Å². The molecule has 0 radical (unpaired) electrons. The Kier molecular flexibility index (Phi) is 7.20. The van der Waals surface area contributed by atoms with Crippen LogP contribution < -0.4 is 10.5 Å². The van der Waals surface area contributed by atoms with Crippen molar-refractivity contribution in [3.05, 3.63) is 59.8 Å². The fourth-order valence-electron chi connectivity index (χ4n) is 3.85. The number of carbonyl (C=O) groups excluding carboxylic acids is 1. The Morgan fingerprint density at radius 2 is 1.91 bits per heavy atom. The lowest BCUT2D eigenvalue weighted by atomic mass is 10.1. The highest BCUT2D eigenvalue weighted by Crippen LogP contribution is 2.33. The van der Waals surface area contributed by atoms with E-state index in [0.29, 0.717) is 24.5 Å². The Balaban J connectivity index is 1.42. The van der Waals surface area contributed by atoms with E-state index in [4.69, 9.17) is 14.9 Å². The summed E-state index contributed by atoms with van der Waals surface area (Å²) < 4.78 is 39.6. The lowest BCUT2D eigenvalue weighted by Crippen LogP contribution is -2.52. The summed E-state index contributed by atoms with van der Waals surface area (Å²) in [6.07, 6.45) is 0.274. The number of oxazole rings is 1. The molecule has 3 aromatic rings. The summed E-state index contributed by atoms with van der Waals surface area (Å²) in [6, 6.07) is 10.0. The van der Waals surface area contributed by atoms with Crippen LogP contribution >= 0.6 is 0 Å². The van der Waals surface area contributed by atoms with Gasteiger partial charge >= 0.3 is 0 Å². The highest BCUT2D eigenvalue weighted by atomic mass is 19.1. The molecular formula is C24H26F2N4O4. The first-order valence-electron chi connectivity index (χ1n) is 10.9. The number of halogens is 2. The second kappa shape index (κ2) is 10.3. The van der Waals surface area contributed by atoms with E-state index >= 15 is 0 Å². The molecule has 1 atom stereocenters. The topological polar surface area (TPSA) is 105 Å². The smallest absolute Gasteiger partial charge is 0.271 e. The zero-order chi connectivity index (χ0) is 24.2. The number of nitrogens with two attached hydrogens (primary N) is 1. The number of hydrogen-bond donors (Lipinski definition) is 2. The van der Waals surface area contributed by atoms with Gasteiger partial charge in [-0.15, -0.1) is 0 Å². The predicted octanol–water partition coefficient (Wildman–Crippen LogP) is 2.72. The summed E-state index contributed by atoms with van der Waals surface area (Å²) in [5.41, 5.74) is 5.17. The highest BCUT2D eigenvalue weighted by molar-refractivity contribution is 5.97. The minimum absolute atomic E-state index is 0.0146. The number of likely N-dealkylation sites (N-methyl/N-ethyl adjacent to an activating group) is 1. The van der Waals surface area contributed by atoms with Gasteiger partial charge in [-0.3, -0.25) is 9.69 Å². The first-order valence-corrected chi connectivity index (χ1v) is 10.9. The molecule has 10 heteroatoms. The monoisotopic (exact) mass is 472 g/mol. The van der Waals surface area contributed by atoms with E-state index in [9.17, 15) is 18.7 Å². The molecule has 1 amide bonds. The third kappa shape index (κ3) is 5.24. The number of piperazine rings is 1. The van der Waals surface area contributed by atoms with E-state index < -0.39 is 29.3 Å². The van der Waals surface area contributed by atoms with Crippen LogP contribution in [0.15, 0.2) is 46.9 Å². The van der Waals surface area contributed by atoms with E-state index in [2.05, 4.69) is 9.88 Å². The molecule has 180 valence electrons. The lowest BCUT2D eigenvalue weighted by Gasteiger charge is -2.36. The van der Waals surface area contributed by atoms with Crippen molar-refractivity contribution < 1.29 is 27.8 Å². The van der Waals surface area contributed by atoms with E-state index in [1.807, 2.05) is 11.9 Å². The molecule has 1 fully saturated rings. The normalized spacial score (nSPS) is 17.1. The van der Waals surface area contributed by atoms with Crippen molar-refractivity contribution >= 4 is 5.91 Å². The lowest BCUT2D eigenvalue weighted by molar-refractivity contribution is -0.0502. The summed E-state index contributed by atoms with van der Waals surface area (Å²) in [6.45, 7) is 3.54. The molecule has 1 unspecified atom stereocenters. The Hall–Kier alpha value is -3.34. The van der Waals surface area contributed by atoms with Gasteiger partial charge in [0.15, 0.2) is 11.5 Å². The van der Waals surface area contributed by atoms with Gasteiger partial charge < -0.3 is 24.9 Å². The number of amides is 1. The molecule has 4 rings (SSSR count). The second-order valence-electron chi connectivity index (χ2n) is 8.16. The quantitative estimate of drug-likeness (QED) is 0.486. The van der Waals surface area contributed by atoms with Crippen molar-refractivity contribution in [2.24, 2.45) is 5.73 Å². The molecule has 34 heavy (non-hydrogen) atoms. The predicted molar refractivity (Wildman–Crippen MR) is 121 cm³/mol. The van der Waals surface area contributed by atoms with Gasteiger partial charge in [-0.05, 0) is 49.9 Å². The number of rotatable bonds is 8. The molecule has 0 spiro atoms. The van der Waals surface area contributed by atoms with E-state index in [1.165, 1.54) is 6.07 Å². The van der Waals surface area contributed by atoms with Crippen LogP contribution in [0.25, 0.3) is 22.8 Å². The average molecular weight is 472 g/mol. The Labute approximate surface area is 195 Å². The summed E-state index contributed by atoms with van der Waals surface area (Å²) in [7, 11) is 1.98. The minimum atomic E-state index is -0.881. The van der Waals surface area contributed by atoms with Gasteiger partial charge in [-0.1, -0.05) is 6.07 Å². The number of nitrogens with zero attached hydrogens (tertiary/aromatic N) is 3. The molecule has 1 aromatic heterocycles. The van der Waals surface area contributed by atoms with Crippen LogP contribution in [0.3, 0.4) is 0 Å². The molecular weight excluding hydrogens is 446 g/mol. The number of primary amides is 1. The first-order chi connectivity index (χ1) is 16.3. The molecule has 0 aliphatic carbocycles. The van der Waals surface area contributed by atoms with E-state index in [-0.39, 0.29) is 17.3 Å². The second-order valence-corrected chi connectivity index (χ2v) is 8.16. The SMILES string of the molecule is CN1CCN(CCCOc2ccc(-c3oc(-c4c(F)cccc4F)nc3C(N)=O)cc2)C(O)C1. The number of aromatic nitrogens is 1. The molecule has 8 nitrogen and oxygen atoms in total. The first kappa shape index (κ1) is 23.8. The number of carbonyl (C=O) groups is 1. The van der Waals surface area contributed by atoms with Gasteiger partial charge in [0.2, 0.25) is 5.89 Å². The third-order valence-corrected chi connectivity index (χ3v) is 5.68. The Morgan fingerprint density at radius 3 is 2.56 bits per heavy atom. The fourth-order valence-corrected chi connectivity index (χ4v) is 3.85. The van der Waals surface area contributed by atoms with Crippen molar-refractivity contribution in [1.82, 2.24) is 14.8 Å². The van der Waals surface area contributed by atoms with Crippen LogP contribution in [0.5, 0.6) is 5.75 Å². The minimum Gasteiger partial charge on any atom is -0.494 e. The van der Waals surface area contributed by atoms with Crippen molar-refractivity contribution in [3.8, 4) is 28.5 Å². The maximum atomic E-state index is 14.1. The van der Waals surface area contributed by atoms with Crippen LogP contribution in [-0.4, -0.2) is 71.9 Å². The van der Waals surface area contributed by atoms with Gasteiger partial charge in [-0.2, -0.15) is 0 Å². The molecule has 0 saturated carbocycles. The Bertz CT molecular complexity index is 1130. The standard InChI is InChI=1S/C24H26F2N4O4/c1-29-11-12-30(19(31)14-29)10-3-13-33-16-8-6-15(7-9-16)22-21(23(27)32)28-24(34-22)20-17(25)4-2-5-18(20)26/h2,4-9,19,31H,3,10-14H2,1H3,(H2,27,32). The molecule has 1 saturated heterocycles. The summed E-state index contributed by atoms with van der Waals surface area (Å²) in [5, 5.41) is 10.1.